The number of aliphatic hydroxyl groups is 3. The van der Waals surface area contributed by atoms with Crippen LogP contribution in [0.4, 0.5) is 0 Å². The summed E-state index contributed by atoms with van der Waals surface area (Å²) in [5.74, 6) is -1.12. The number of ether oxygens (including phenoxy) is 1. The highest BCUT2D eigenvalue weighted by molar-refractivity contribution is 5.05. The highest BCUT2D eigenvalue weighted by atomic mass is 16.5. The molecule has 0 amide bonds. The number of rotatable bonds is 2. The van der Waals surface area contributed by atoms with E-state index in [-0.39, 0.29) is 5.56 Å². The Balaban J connectivity index is 2.45. The van der Waals surface area contributed by atoms with Gasteiger partial charge in [0.25, 0.3) is 5.56 Å². The number of nitriles is 1. The molecule has 0 saturated carbocycles. The average molecular weight is 297 g/mol. The van der Waals surface area contributed by atoms with E-state index in [4.69, 9.17) is 10.00 Å². The Morgan fingerprint density at radius 1 is 1.43 bits per heavy atom. The smallest absolute Gasteiger partial charge is 0.330 e. The van der Waals surface area contributed by atoms with E-state index >= 15 is 0 Å². The third kappa shape index (κ3) is 2.62. The zero-order chi connectivity index (χ0) is 15.7. The fraction of sp³-hybridized carbons (Fsp3) is 0.583. The largest absolute Gasteiger partial charge is 0.394 e. The summed E-state index contributed by atoms with van der Waals surface area (Å²) < 4.78 is 6.26. The molecule has 0 unspecified atom stereocenters. The van der Waals surface area contributed by atoms with Crippen molar-refractivity contribution in [3.8, 4) is 6.07 Å². The molecule has 0 radical (unpaired) electrons. The first-order chi connectivity index (χ1) is 9.90. The van der Waals surface area contributed by atoms with E-state index in [1.165, 1.54) is 13.1 Å². The molecule has 1 aromatic rings. The van der Waals surface area contributed by atoms with Gasteiger partial charge in [-0.2, -0.15) is 5.26 Å². The molecule has 0 aromatic carbocycles. The molecule has 21 heavy (non-hydrogen) atoms. The summed E-state index contributed by atoms with van der Waals surface area (Å²) in [5.41, 5.74) is -1.19. The van der Waals surface area contributed by atoms with Crippen molar-refractivity contribution in [1.82, 2.24) is 9.55 Å². The van der Waals surface area contributed by atoms with E-state index in [2.05, 4.69) is 0 Å². The van der Waals surface area contributed by atoms with E-state index in [0.717, 1.165) is 4.57 Å². The number of aryl methyl sites for hydroxylation is 1. The minimum Gasteiger partial charge on any atom is -0.394 e. The first-order valence-corrected chi connectivity index (χ1v) is 6.24. The topological polar surface area (TPSA) is 149 Å². The van der Waals surface area contributed by atoms with Crippen LogP contribution < -0.4 is 11.2 Å². The standard InChI is InChI=1S/C12H15N3O6/c1-5-3-15(12(20)14-10(5)19)11-9(18)8(17)6(2-13)7(4-16)21-11/h3,6-9,11,16-18H,4H2,1H3,(H,14,19,20)/t6-,7+,8-,9-,11-/m0/s1. The molecular weight excluding hydrogens is 282 g/mol. The summed E-state index contributed by atoms with van der Waals surface area (Å²) in [5, 5.41) is 38.1. The van der Waals surface area contributed by atoms with Crippen molar-refractivity contribution >= 4 is 0 Å². The lowest BCUT2D eigenvalue weighted by Gasteiger charge is -2.39. The van der Waals surface area contributed by atoms with E-state index < -0.39 is 48.3 Å². The fourth-order valence-corrected chi connectivity index (χ4v) is 2.27. The van der Waals surface area contributed by atoms with Crippen LogP contribution in [-0.2, 0) is 4.74 Å². The Hall–Kier alpha value is -1.99. The SMILES string of the molecule is Cc1cn([C@H]2O[C@H](CO)[C@H](C#N)[C@H](O)[C@@H]2O)c(=O)[nH]c1=O. The first kappa shape index (κ1) is 15.4. The molecule has 1 aliphatic rings. The number of H-pyrrole nitrogens is 1. The highest BCUT2D eigenvalue weighted by Crippen LogP contribution is 2.30. The van der Waals surface area contributed by atoms with E-state index in [0.29, 0.717) is 0 Å². The monoisotopic (exact) mass is 297 g/mol. The zero-order valence-electron chi connectivity index (χ0n) is 11.1. The minimum absolute atomic E-state index is 0.211. The summed E-state index contributed by atoms with van der Waals surface area (Å²) in [6.45, 7) is 0.900. The van der Waals surface area contributed by atoms with Crippen LogP contribution in [0.15, 0.2) is 15.8 Å². The lowest BCUT2D eigenvalue weighted by molar-refractivity contribution is -0.223. The molecule has 4 N–H and O–H groups in total. The zero-order valence-corrected chi connectivity index (χ0v) is 11.1. The minimum atomic E-state index is -1.56. The van der Waals surface area contributed by atoms with Crippen molar-refractivity contribution in [1.29, 1.82) is 5.26 Å². The third-order valence-corrected chi connectivity index (χ3v) is 3.47. The molecule has 0 bridgehead atoms. The van der Waals surface area contributed by atoms with Crippen LogP contribution in [0.5, 0.6) is 0 Å². The third-order valence-electron chi connectivity index (χ3n) is 3.47. The second kappa shape index (κ2) is 5.79. The van der Waals surface area contributed by atoms with Gasteiger partial charge in [-0.3, -0.25) is 14.3 Å². The van der Waals surface area contributed by atoms with Crippen molar-refractivity contribution in [2.45, 2.75) is 31.5 Å². The summed E-state index contributed by atoms with van der Waals surface area (Å²) in [7, 11) is 0. The maximum absolute atomic E-state index is 11.8. The van der Waals surface area contributed by atoms with Gasteiger partial charge in [-0.1, -0.05) is 0 Å². The van der Waals surface area contributed by atoms with E-state index in [1.807, 2.05) is 4.98 Å². The first-order valence-electron chi connectivity index (χ1n) is 6.24. The van der Waals surface area contributed by atoms with Gasteiger partial charge >= 0.3 is 5.69 Å². The predicted molar refractivity (Wildman–Crippen MR) is 68.2 cm³/mol. The van der Waals surface area contributed by atoms with Crippen molar-refractivity contribution in [3.63, 3.8) is 0 Å². The maximum Gasteiger partial charge on any atom is 0.330 e. The predicted octanol–water partition coefficient (Wildman–Crippen LogP) is -2.40. The molecule has 1 fully saturated rings. The van der Waals surface area contributed by atoms with Gasteiger partial charge in [0.1, 0.15) is 24.2 Å². The molecule has 0 spiro atoms. The number of aromatic amines is 1. The molecule has 114 valence electrons. The lowest BCUT2D eigenvalue weighted by Crippen LogP contribution is -2.54. The van der Waals surface area contributed by atoms with Crippen LogP contribution in [0.2, 0.25) is 0 Å². The fourth-order valence-electron chi connectivity index (χ4n) is 2.27. The number of aliphatic hydroxyl groups excluding tert-OH is 3. The molecule has 5 atom stereocenters. The molecule has 2 rings (SSSR count). The van der Waals surface area contributed by atoms with E-state index in [9.17, 15) is 24.9 Å². The number of hydrogen-bond acceptors (Lipinski definition) is 7. The second-order valence-electron chi connectivity index (χ2n) is 4.86. The van der Waals surface area contributed by atoms with Gasteiger partial charge in [0.05, 0.1) is 12.7 Å². The average Bonchev–Trinajstić information content (AvgIpc) is 2.46. The number of hydrogen-bond donors (Lipinski definition) is 4. The van der Waals surface area contributed by atoms with Gasteiger partial charge < -0.3 is 20.1 Å². The molecule has 1 aliphatic heterocycles. The molecule has 9 heteroatoms. The van der Waals surface area contributed by atoms with E-state index in [1.54, 1.807) is 6.07 Å². The number of nitrogens with one attached hydrogen (secondary N) is 1. The van der Waals surface area contributed by atoms with Crippen LogP contribution in [-0.4, -0.2) is 49.8 Å². The number of aromatic nitrogens is 2. The van der Waals surface area contributed by atoms with Crippen LogP contribution in [0.1, 0.15) is 11.8 Å². The number of nitrogens with zero attached hydrogens (tertiary/aromatic N) is 2. The van der Waals surface area contributed by atoms with Crippen molar-refractivity contribution < 1.29 is 20.1 Å². The normalized spacial score (nSPS) is 32.6. The second-order valence-corrected chi connectivity index (χ2v) is 4.86. The molecule has 1 saturated heterocycles. The van der Waals surface area contributed by atoms with Crippen LogP contribution in [0.25, 0.3) is 0 Å². The van der Waals surface area contributed by atoms with Gasteiger partial charge in [0.2, 0.25) is 0 Å². The summed E-state index contributed by atoms with van der Waals surface area (Å²) in [4.78, 5) is 25.2. The Kier molecular flexibility index (Phi) is 4.24. The Morgan fingerprint density at radius 2 is 2.10 bits per heavy atom. The van der Waals surface area contributed by atoms with Crippen LogP contribution >= 0.6 is 0 Å². The summed E-state index contributed by atoms with van der Waals surface area (Å²) in [6, 6.07) is 1.75. The van der Waals surface area contributed by atoms with Gasteiger partial charge in [0, 0.05) is 11.8 Å². The van der Waals surface area contributed by atoms with Crippen LogP contribution in [0, 0.1) is 24.2 Å². The van der Waals surface area contributed by atoms with Gasteiger partial charge in [-0.25, -0.2) is 4.79 Å². The van der Waals surface area contributed by atoms with Crippen molar-refractivity contribution in [3.05, 3.63) is 32.6 Å². The molecular formula is C12H15N3O6. The molecule has 9 nitrogen and oxygen atoms in total. The Bertz CT molecular complexity index is 673. The Labute approximate surface area is 118 Å². The molecule has 2 heterocycles. The molecule has 0 aliphatic carbocycles. The summed E-state index contributed by atoms with van der Waals surface area (Å²) >= 11 is 0. The van der Waals surface area contributed by atoms with Crippen LogP contribution in [0.3, 0.4) is 0 Å². The Morgan fingerprint density at radius 3 is 2.67 bits per heavy atom. The van der Waals surface area contributed by atoms with Gasteiger partial charge in [-0.15, -0.1) is 0 Å². The summed E-state index contributed by atoms with van der Waals surface area (Å²) in [6.07, 6.45) is -4.24. The van der Waals surface area contributed by atoms with Gasteiger partial charge in [-0.05, 0) is 6.92 Å². The highest BCUT2D eigenvalue weighted by Gasteiger charge is 2.45. The lowest BCUT2D eigenvalue weighted by atomic mass is 9.90. The maximum atomic E-state index is 11.8. The van der Waals surface area contributed by atoms with Crippen molar-refractivity contribution in [2.24, 2.45) is 5.92 Å². The molecule has 1 aromatic heterocycles. The quantitative estimate of drug-likeness (QED) is 0.475. The van der Waals surface area contributed by atoms with Gasteiger partial charge in [0.15, 0.2) is 6.23 Å². The van der Waals surface area contributed by atoms with Crippen molar-refractivity contribution in [2.75, 3.05) is 6.61 Å².